The Bertz CT molecular complexity index is 2480. The number of fused-ring (bicyclic) bond motifs is 5. The molecule has 44 heavy (non-hydrogen) atoms. The number of nitrogens with zero attached hydrogens (tertiary/aromatic N) is 4. The van der Waals surface area contributed by atoms with E-state index in [0.717, 1.165) is 61.4 Å². The summed E-state index contributed by atoms with van der Waals surface area (Å²) in [6.07, 6.45) is 1.85. The SMILES string of the molecule is c1ccc(-n2c(-c3nn4c(-c5ccccn5)cc5ccccc5c4c3-c3cccc4ccccc34)cc3ccccc32)cc1. The van der Waals surface area contributed by atoms with E-state index in [4.69, 9.17) is 10.1 Å². The van der Waals surface area contributed by atoms with Crippen LogP contribution < -0.4 is 0 Å². The van der Waals surface area contributed by atoms with Crippen LogP contribution in [-0.2, 0) is 0 Å². The highest BCUT2D eigenvalue weighted by Crippen LogP contribution is 2.44. The number of aromatic nitrogens is 4. The topological polar surface area (TPSA) is 35.1 Å². The van der Waals surface area contributed by atoms with Crippen molar-refractivity contribution in [3.05, 3.63) is 158 Å². The molecule has 0 bridgehead atoms. The van der Waals surface area contributed by atoms with Gasteiger partial charge in [-0.3, -0.25) is 4.98 Å². The van der Waals surface area contributed by atoms with Crippen LogP contribution in [0.25, 0.3) is 77.6 Å². The van der Waals surface area contributed by atoms with Crippen LogP contribution in [0.1, 0.15) is 0 Å². The number of benzene rings is 5. The summed E-state index contributed by atoms with van der Waals surface area (Å²) in [5.41, 5.74) is 9.37. The van der Waals surface area contributed by atoms with Crippen molar-refractivity contribution in [1.29, 1.82) is 0 Å². The van der Waals surface area contributed by atoms with Crippen molar-refractivity contribution in [3.63, 3.8) is 0 Å². The molecule has 9 aromatic rings. The molecule has 0 aliphatic rings. The summed E-state index contributed by atoms with van der Waals surface area (Å²) in [7, 11) is 0. The zero-order valence-corrected chi connectivity index (χ0v) is 23.8. The van der Waals surface area contributed by atoms with Gasteiger partial charge in [-0.05, 0) is 64.2 Å². The molecule has 0 atom stereocenters. The third-order valence-electron chi connectivity index (χ3n) is 8.58. The fraction of sp³-hybridized carbons (Fsp3) is 0. The van der Waals surface area contributed by atoms with Crippen molar-refractivity contribution >= 4 is 38.0 Å². The molecule has 5 aromatic carbocycles. The number of rotatable bonds is 4. The molecule has 4 nitrogen and oxygen atoms in total. The monoisotopic (exact) mass is 562 g/mol. The smallest absolute Gasteiger partial charge is 0.118 e. The van der Waals surface area contributed by atoms with Crippen LogP contribution >= 0.6 is 0 Å². The lowest BCUT2D eigenvalue weighted by molar-refractivity contribution is 0.963. The molecule has 0 aliphatic carbocycles. The molecule has 206 valence electrons. The Kier molecular flexibility index (Phi) is 5.47. The summed E-state index contributed by atoms with van der Waals surface area (Å²) < 4.78 is 4.46. The van der Waals surface area contributed by atoms with Crippen LogP contribution in [0.15, 0.2) is 158 Å². The minimum Gasteiger partial charge on any atom is -0.308 e. The average molecular weight is 563 g/mol. The molecule has 0 amide bonds. The van der Waals surface area contributed by atoms with E-state index in [1.807, 2.05) is 18.3 Å². The van der Waals surface area contributed by atoms with Gasteiger partial charge in [0, 0.05) is 28.2 Å². The number of para-hydroxylation sites is 2. The minimum atomic E-state index is 0.880. The third kappa shape index (κ3) is 3.71. The van der Waals surface area contributed by atoms with Gasteiger partial charge in [-0.25, -0.2) is 4.52 Å². The maximum absolute atomic E-state index is 5.53. The third-order valence-corrected chi connectivity index (χ3v) is 8.58. The Morgan fingerprint density at radius 3 is 2.02 bits per heavy atom. The minimum absolute atomic E-state index is 0.880. The molecule has 0 N–H and O–H groups in total. The molecule has 0 saturated heterocycles. The van der Waals surface area contributed by atoms with Gasteiger partial charge in [0.1, 0.15) is 5.69 Å². The largest absolute Gasteiger partial charge is 0.308 e. The van der Waals surface area contributed by atoms with E-state index in [2.05, 4.69) is 149 Å². The standard InChI is InChI=1S/C40H26N4/c1-2-17-30(18-3-1)43-35-23-9-6-15-29(35)26-37(43)39-38(33-21-12-16-27-13-4-7-19-31(27)33)40-32-20-8-5-14-28(32)25-36(44(40)42-39)34-22-10-11-24-41-34/h1-26H. The second-order valence-corrected chi connectivity index (χ2v) is 11.1. The van der Waals surface area contributed by atoms with Gasteiger partial charge in [-0.15, -0.1) is 0 Å². The summed E-state index contributed by atoms with van der Waals surface area (Å²) >= 11 is 0. The Hall–Kier alpha value is -6.00. The van der Waals surface area contributed by atoms with Gasteiger partial charge < -0.3 is 4.57 Å². The fourth-order valence-corrected chi connectivity index (χ4v) is 6.65. The molecule has 4 heteroatoms. The number of hydrogen-bond acceptors (Lipinski definition) is 2. The van der Waals surface area contributed by atoms with E-state index in [1.165, 1.54) is 16.2 Å². The molecule has 0 fully saturated rings. The maximum Gasteiger partial charge on any atom is 0.118 e. The first-order valence-corrected chi connectivity index (χ1v) is 14.9. The van der Waals surface area contributed by atoms with E-state index in [-0.39, 0.29) is 0 Å². The summed E-state index contributed by atoms with van der Waals surface area (Å²) in [4.78, 5) is 4.77. The van der Waals surface area contributed by atoms with Crippen molar-refractivity contribution in [2.45, 2.75) is 0 Å². The Labute approximate surface area is 254 Å². The molecule has 0 spiro atoms. The molecule has 0 radical (unpaired) electrons. The van der Waals surface area contributed by atoms with Crippen LogP contribution in [0.5, 0.6) is 0 Å². The molecular weight excluding hydrogens is 536 g/mol. The molecular formula is C40H26N4. The second kappa shape index (κ2) is 9.79. The Morgan fingerprint density at radius 2 is 1.18 bits per heavy atom. The normalized spacial score (nSPS) is 11.6. The van der Waals surface area contributed by atoms with Crippen LogP contribution in [0.2, 0.25) is 0 Å². The van der Waals surface area contributed by atoms with Gasteiger partial charge in [0.25, 0.3) is 0 Å². The van der Waals surface area contributed by atoms with E-state index in [1.54, 1.807) is 0 Å². The number of pyridine rings is 2. The van der Waals surface area contributed by atoms with Crippen molar-refractivity contribution < 1.29 is 0 Å². The number of hydrogen-bond donors (Lipinski definition) is 0. The lowest BCUT2D eigenvalue weighted by Crippen LogP contribution is -1.99. The molecule has 0 aliphatic heterocycles. The predicted octanol–water partition coefficient (Wildman–Crippen LogP) is 9.98. The van der Waals surface area contributed by atoms with Gasteiger partial charge in [-0.2, -0.15) is 5.10 Å². The lowest BCUT2D eigenvalue weighted by atomic mass is 9.94. The van der Waals surface area contributed by atoms with Crippen molar-refractivity contribution in [3.8, 4) is 39.6 Å². The van der Waals surface area contributed by atoms with E-state index in [9.17, 15) is 0 Å². The van der Waals surface area contributed by atoms with E-state index >= 15 is 0 Å². The van der Waals surface area contributed by atoms with Crippen molar-refractivity contribution in [1.82, 2.24) is 19.2 Å². The molecule has 4 aromatic heterocycles. The molecule has 0 saturated carbocycles. The van der Waals surface area contributed by atoms with Gasteiger partial charge >= 0.3 is 0 Å². The maximum atomic E-state index is 5.53. The molecule has 0 unspecified atom stereocenters. The molecule has 4 heterocycles. The zero-order chi connectivity index (χ0) is 29.0. The predicted molar refractivity (Wildman–Crippen MR) is 181 cm³/mol. The summed E-state index contributed by atoms with van der Waals surface area (Å²) in [6.45, 7) is 0. The fourth-order valence-electron chi connectivity index (χ4n) is 6.65. The molecule has 9 rings (SSSR count). The lowest BCUT2D eigenvalue weighted by Gasteiger charge is -2.13. The van der Waals surface area contributed by atoms with Crippen LogP contribution in [0, 0.1) is 0 Å². The second-order valence-electron chi connectivity index (χ2n) is 11.1. The van der Waals surface area contributed by atoms with Gasteiger partial charge in [-0.1, -0.05) is 109 Å². The van der Waals surface area contributed by atoms with E-state index in [0.29, 0.717) is 0 Å². The summed E-state index contributed by atoms with van der Waals surface area (Å²) in [5.74, 6) is 0. The highest BCUT2D eigenvalue weighted by atomic mass is 15.2. The van der Waals surface area contributed by atoms with Crippen LogP contribution in [0.4, 0.5) is 0 Å². The van der Waals surface area contributed by atoms with Crippen molar-refractivity contribution in [2.75, 3.05) is 0 Å². The summed E-state index contributed by atoms with van der Waals surface area (Å²) in [5, 5.41) is 11.4. The summed E-state index contributed by atoms with van der Waals surface area (Å²) in [6, 6.07) is 53.5. The van der Waals surface area contributed by atoms with Crippen LogP contribution in [-0.4, -0.2) is 19.2 Å². The zero-order valence-electron chi connectivity index (χ0n) is 23.8. The Morgan fingerprint density at radius 1 is 0.500 bits per heavy atom. The quantitative estimate of drug-likeness (QED) is 0.214. The first kappa shape index (κ1) is 24.6. The first-order chi connectivity index (χ1) is 21.8. The van der Waals surface area contributed by atoms with E-state index < -0.39 is 0 Å². The van der Waals surface area contributed by atoms with Gasteiger partial charge in [0.15, 0.2) is 0 Å². The van der Waals surface area contributed by atoms with Gasteiger partial charge in [0.2, 0.25) is 0 Å². The van der Waals surface area contributed by atoms with Gasteiger partial charge in [0.05, 0.1) is 28.1 Å². The Balaban J connectivity index is 1.51. The first-order valence-electron chi connectivity index (χ1n) is 14.9. The average Bonchev–Trinajstić information content (AvgIpc) is 3.68. The van der Waals surface area contributed by atoms with Crippen LogP contribution in [0.3, 0.4) is 0 Å². The highest BCUT2D eigenvalue weighted by molar-refractivity contribution is 6.13. The van der Waals surface area contributed by atoms with Crippen molar-refractivity contribution in [2.24, 2.45) is 0 Å². The highest BCUT2D eigenvalue weighted by Gasteiger charge is 2.26.